The van der Waals surface area contributed by atoms with Gasteiger partial charge in [0, 0.05) is 17.5 Å². The summed E-state index contributed by atoms with van der Waals surface area (Å²) in [6.45, 7) is 1.77. The molecule has 1 aromatic heterocycles. The van der Waals surface area contributed by atoms with Crippen molar-refractivity contribution in [3.05, 3.63) is 30.0 Å². The van der Waals surface area contributed by atoms with Gasteiger partial charge in [-0.1, -0.05) is 6.92 Å². The zero-order chi connectivity index (χ0) is 17.3. The minimum atomic E-state index is -1.52. The molecule has 1 N–H and O–H groups in total. The smallest absolute Gasteiger partial charge is 0.255 e. The number of amides is 1. The van der Waals surface area contributed by atoms with Gasteiger partial charge in [-0.2, -0.15) is 5.26 Å². The van der Waals surface area contributed by atoms with Crippen LogP contribution in [0.2, 0.25) is 0 Å². The van der Waals surface area contributed by atoms with Crippen molar-refractivity contribution in [3.63, 3.8) is 0 Å². The zero-order valence-corrected chi connectivity index (χ0v) is 13.2. The van der Waals surface area contributed by atoms with Crippen LogP contribution in [0.15, 0.2) is 24.4 Å². The van der Waals surface area contributed by atoms with Crippen LogP contribution in [0.1, 0.15) is 12.5 Å². The van der Waals surface area contributed by atoms with Crippen molar-refractivity contribution < 1.29 is 18.7 Å². The number of fused-ring (bicyclic) bond motifs is 1. The summed E-state index contributed by atoms with van der Waals surface area (Å²) in [6.07, 6.45) is 0.0530. The van der Waals surface area contributed by atoms with Gasteiger partial charge in [0.25, 0.3) is 5.91 Å². The number of hydrogen-bond acceptors (Lipinski definition) is 5. The molecule has 24 heavy (non-hydrogen) atoms. The Balaban J connectivity index is 1.87. The maximum absolute atomic E-state index is 13.6. The number of carbonyl (C=O) groups is 1. The summed E-state index contributed by atoms with van der Waals surface area (Å²) >= 11 is 0. The van der Waals surface area contributed by atoms with Gasteiger partial charge in [-0.25, -0.2) is 9.37 Å². The van der Waals surface area contributed by atoms with Gasteiger partial charge in [0.15, 0.2) is 6.17 Å². The van der Waals surface area contributed by atoms with E-state index in [1.807, 2.05) is 0 Å². The molecule has 3 unspecified atom stereocenters. The zero-order valence-electron chi connectivity index (χ0n) is 13.2. The van der Waals surface area contributed by atoms with E-state index in [0.717, 1.165) is 5.39 Å². The summed E-state index contributed by atoms with van der Waals surface area (Å²) in [6, 6.07) is 6.81. The fraction of sp³-hybridized carbons (Fsp3) is 0.353. The molecule has 0 radical (unpaired) electrons. The predicted octanol–water partition coefficient (Wildman–Crippen LogP) is 1.97. The molecule has 1 amide bonds. The summed E-state index contributed by atoms with van der Waals surface area (Å²) in [5.74, 6) is -0.303. The number of nitrogens with zero attached hydrogens (tertiary/aromatic N) is 2. The number of ether oxygens (including phenoxy) is 2. The molecule has 7 heteroatoms. The van der Waals surface area contributed by atoms with Crippen LogP contribution in [0, 0.1) is 17.2 Å². The molecule has 124 valence electrons. The van der Waals surface area contributed by atoms with E-state index in [0.29, 0.717) is 22.6 Å². The Hall–Kier alpha value is -2.88. The number of nitriles is 1. The first kappa shape index (κ1) is 16.0. The van der Waals surface area contributed by atoms with Gasteiger partial charge >= 0.3 is 0 Å². The Morgan fingerprint density at radius 2 is 2.25 bits per heavy atom. The van der Waals surface area contributed by atoms with Gasteiger partial charge in [-0.05, 0) is 23.6 Å². The number of hydrogen-bond donors (Lipinski definition) is 1. The first-order valence-corrected chi connectivity index (χ1v) is 7.49. The molecule has 0 bridgehead atoms. The van der Waals surface area contributed by atoms with Crippen molar-refractivity contribution in [2.75, 3.05) is 13.7 Å². The van der Waals surface area contributed by atoms with Crippen LogP contribution in [0.25, 0.3) is 10.8 Å². The highest BCUT2D eigenvalue weighted by molar-refractivity contribution is 5.89. The first-order valence-electron chi connectivity index (χ1n) is 7.49. The minimum absolute atomic E-state index is 0.113. The lowest BCUT2D eigenvalue weighted by Gasteiger charge is -2.17. The highest BCUT2D eigenvalue weighted by Crippen LogP contribution is 2.31. The lowest BCUT2D eigenvalue weighted by molar-refractivity contribution is -0.123. The molecule has 1 aliphatic heterocycles. The van der Waals surface area contributed by atoms with Crippen molar-refractivity contribution in [1.29, 1.82) is 5.26 Å². The Morgan fingerprint density at radius 3 is 2.88 bits per heavy atom. The molecule has 3 rings (SSSR count). The molecule has 1 aliphatic rings. The van der Waals surface area contributed by atoms with Crippen LogP contribution in [-0.4, -0.2) is 36.8 Å². The van der Waals surface area contributed by atoms with Gasteiger partial charge < -0.3 is 14.8 Å². The number of methoxy groups -OCH3 is 1. The SMILES string of the molecule is COc1cc2c(OCC3NC(=O)C(F)C3C)nccc2cc1C#N. The van der Waals surface area contributed by atoms with E-state index in [9.17, 15) is 9.18 Å². The van der Waals surface area contributed by atoms with E-state index >= 15 is 0 Å². The van der Waals surface area contributed by atoms with Crippen LogP contribution < -0.4 is 14.8 Å². The number of carbonyl (C=O) groups excluding carboxylic acids is 1. The first-order chi connectivity index (χ1) is 11.5. The number of alkyl halides is 1. The third kappa shape index (κ3) is 2.71. The van der Waals surface area contributed by atoms with Gasteiger partial charge in [0.05, 0.1) is 18.7 Å². The topological polar surface area (TPSA) is 84.2 Å². The monoisotopic (exact) mass is 329 g/mol. The van der Waals surface area contributed by atoms with Crippen LogP contribution in [-0.2, 0) is 4.79 Å². The number of nitrogens with one attached hydrogen (secondary N) is 1. The summed E-state index contributed by atoms with van der Waals surface area (Å²) in [4.78, 5) is 15.6. The maximum atomic E-state index is 13.6. The Kier molecular flexibility index (Phi) is 4.21. The molecule has 1 aromatic carbocycles. The van der Waals surface area contributed by atoms with E-state index in [1.165, 1.54) is 7.11 Å². The average Bonchev–Trinajstić information content (AvgIpc) is 2.85. The molecular weight excluding hydrogens is 313 g/mol. The van der Waals surface area contributed by atoms with Gasteiger partial charge in [-0.3, -0.25) is 4.79 Å². The Morgan fingerprint density at radius 1 is 1.46 bits per heavy atom. The number of halogens is 1. The second-order valence-corrected chi connectivity index (χ2v) is 5.69. The summed E-state index contributed by atoms with van der Waals surface area (Å²) in [5.41, 5.74) is 0.416. The molecule has 0 aliphatic carbocycles. The van der Waals surface area contributed by atoms with Crippen molar-refractivity contribution in [3.8, 4) is 17.7 Å². The van der Waals surface area contributed by atoms with E-state index in [4.69, 9.17) is 14.7 Å². The van der Waals surface area contributed by atoms with Gasteiger partial charge in [-0.15, -0.1) is 0 Å². The second kappa shape index (κ2) is 6.32. The van der Waals surface area contributed by atoms with Crippen molar-refractivity contribution in [2.24, 2.45) is 5.92 Å². The van der Waals surface area contributed by atoms with E-state index in [-0.39, 0.29) is 6.61 Å². The summed E-state index contributed by atoms with van der Waals surface area (Å²) in [7, 11) is 1.48. The van der Waals surface area contributed by atoms with Crippen LogP contribution >= 0.6 is 0 Å². The fourth-order valence-corrected chi connectivity index (χ4v) is 2.74. The van der Waals surface area contributed by atoms with E-state index in [1.54, 1.807) is 31.3 Å². The second-order valence-electron chi connectivity index (χ2n) is 5.69. The van der Waals surface area contributed by atoms with Gasteiger partial charge in [0.2, 0.25) is 5.88 Å². The normalized spacial score (nSPS) is 22.9. The number of pyridine rings is 1. The molecule has 3 atom stereocenters. The third-order valence-corrected chi connectivity index (χ3v) is 4.24. The lowest BCUT2D eigenvalue weighted by atomic mass is 10.0. The average molecular weight is 329 g/mol. The highest BCUT2D eigenvalue weighted by atomic mass is 19.1. The Labute approximate surface area is 138 Å². The molecular formula is C17H16FN3O3. The van der Waals surface area contributed by atoms with Crippen molar-refractivity contribution >= 4 is 16.7 Å². The summed E-state index contributed by atoms with van der Waals surface area (Å²) < 4.78 is 24.5. The van der Waals surface area contributed by atoms with E-state index in [2.05, 4.69) is 16.4 Å². The molecule has 2 heterocycles. The van der Waals surface area contributed by atoms with E-state index < -0.39 is 24.0 Å². The Bertz CT molecular complexity index is 834. The molecule has 6 nitrogen and oxygen atoms in total. The van der Waals surface area contributed by atoms with Crippen LogP contribution in [0.5, 0.6) is 11.6 Å². The predicted molar refractivity (Wildman–Crippen MR) is 84.5 cm³/mol. The van der Waals surface area contributed by atoms with Crippen LogP contribution in [0.4, 0.5) is 4.39 Å². The molecule has 1 fully saturated rings. The standard InChI is InChI=1S/C17H16FN3O3/c1-9-13(21-16(22)15(9)18)8-24-17-12-6-14(23-2)11(7-19)5-10(12)3-4-20-17/h3-6,9,13,15H,8H2,1-2H3,(H,21,22). The lowest BCUT2D eigenvalue weighted by Crippen LogP contribution is -2.34. The quantitative estimate of drug-likeness (QED) is 0.927. The van der Waals surface area contributed by atoms with Gasteiger partial charge in [0.1, 0.15) is 18.4 Å². The number of benzene rings is 1. The molecule has 0 spiro atoms. The maximum Gasteiger partial charge on any atom is 0.255 e. The summed E-state index contributed by atoms with van der Waals surface area (Å²) in [5, 5.41) is 13.2. The molecule has 0 saturated carbocycles. The minimum Gasteiger partial charge on any atom is -0.495 e. The van der Waals surface area contributed by atoms with Crippen molar-refractivity contribution in [2.45, 2.75) is 19.1 Å². The van der Waals surface area contributed by atoms with Crippen LogP contribution in [0.3, 0.4) is 0 Å². The van der Waals surface area contributed by atoms with Crippen molar-refractivity contribution in [1.82, 2.24) is 10.3 Å². The fourth-order valence-electron chi connectivity index (χ4n) is 2.74. The molecule has 1 saturated heterocycles. The highest BCUT2D eigenvalue weighted by Gasteiger charge is 2.39. The molecule has 2 aromatic rings. The third-order valence-electron chi connectivity index (χ3n) is 4.24. The largest absolute Gasteiger partial charge is 0.495 e. The number of rotatable bonds is 4. The number of aromatic nitrogens is 1.